The van der Waals surface area contributed by atoms with Gasteiger partial charge in [0.1, 0.15) is 0 Å². The van der Waals surface area contributed by atoms with Crippen LogP contribution in [0.5, 0.6) is 0 Å². The van der Waals surface area contributed by atoms with Crippen molar-refractivity contribution < 1.29 is 16.9 Å². The van der Waals surface area contributed by atoms with Crippen molar-refractivity contribution in [3.8, 4) is 0 Å². The quantitative estimate of drug-likeness (QED) is 0.462. The number of nitrogens with zero attached hydrogens (tertiary/aromatic N) is 2. The van der Waals surface area contributed by atoms with E-state index in [0.29, 0.717) is 0 Å². The summed E-state index contributed by atoms with van der Waals surface area (Å²) in [5, 5.41) is 0. The minimum Gasteiger partial charge on any atom is -1.00 e. The summed E-state index contributed by atoms with van der Waals surface area (Å²) in [5.41, 5.74) is 0. The normalized spacial score (nSPS) is 20.2. The molecule has 1 fully saturated rings. The minimum atomic E-state index is 0. The van der Waals surface area contributed by atoms with E-state index in [1.165, 1.54) is 43.8 Å². The number of halogens is 3. The molecule has 5 heteroatoms. The van der Waals surface area contributed by atoms with Gasteiger partial charge in [-0.1, -0.05) is 0 Å². The fraction of sp³-hybridized carbons (Fsp3) is 1.00. The Bertz CT molecular complexity index is 142. The van der Waals surface area contributed by atoms with Gasteiger partial charge in [-0.3, -0.25) is 4.90 Å². The lowest BCUT2D eigenvalue weighted by atomic mass is 10.2. The van der Waals surface area contributed by atoms with E-state index in [0.717, 1.165) is 12.4 Å². The molecule has 2 nitrogen and oxygen atoms in total. The smallest absolute Gasteiger partial charge is 0.0916 e. The molecule has 0 bridgehead atoms. The summed E-state index contributed by atoms with van der Waals surface area (Å²) in [6.07, 6.45) is 0. The summed E-state index contributed by atoms with van der Waals surface area (Å²) in [4.78, 5) is 2.48. The van der Waals surface area contributed by atoms with Crippen molar-refractivity contribution in [3.63, 3.8) is 0 Å². The first-order chi connectivity index (χ1) is 6.26. The molecule has 0 aromatic carbocycles. The topological polar surface area (TPSA) is 3.24 Å². The Hall–Kier alpha value is 0.790. The molecule has 1 heterocycles. The van der Waals surface area contributed by atoms with Crippen LogP contribution in [-0.2, 0) is 0 Å². The van der Waals surface area contributed by atoms with Gasteiger partial charge < -0.3 is 16.9 Å². The zero-order valence-electron chi connectivity index (χ0n) is 9.72. The van der Waals surface area contributed by atoms with Crippen molar-refractivity contribution in [2.45, 2.75) is 13.8 Å². The molecule has 0 amide bonds. The molecule has 0 aliphatic carbocycles. The van der Waals surface area contributed by atoms with Crippen molar-refractivity contribution in [3.05, 3.63) is 0 Å². The number of alkyl halides is 1. The zero-order valence-corrected chi connectivity index (χ0v) is 12.0. The van der Waals surface area contributed by atoms with Gasteiger partial charge in [0.15, 0.2) is 0 Å². The molecule has 1 rings (SSSR count). The Kier molecular flexibility index (Phi) is 10.8. The third kappa shape index (κ3) is 5.10. The average molecular weight is 278 g/mol. The highest BCUT2D eigenvalue weighted by Crippen LogP contribution is 2.12. The number of piperazine rings is 1. The predicted molar refractivity (Wildman–Crippen MR) is 65.5 cm³/mol. The predicted octanol–water partition coefficient (Wildman–Crippen LogP) is -1.18. The monoisotopic (exact) mass is 276 g/mol. The van der Waals surface area contributed by atoms with E-state index < -0.39 is 0 Å². The van der Waals surface area contributed by atoms with Gasteiger partial charge in [-0.15, -0.1) is 24.0 Å². The molecule has 0 unspecified atom stereocenters. The van der Waals surface area contributed by atoms with Crippen LogP contribution in [0.1, 0.15) is 13.8 Å². The molecule has 1 aliphatic rings. The third-order valence-electron chi connectivity index (χ3n) is 3.52. The zero-order chi connectivity index (χ0) is 9.73. The number of quaternary nitrogens is 1. The summed E-state index contributed by atoms with van der Waals surface area (Å²) >= 11 is 5.73. The van der Waals surface area contributed by atoms with Gasteiger partial charge in [0.2, 0.25) is 0 Å². The molecule has 0 atom stereocenters. The van der Waals surface area contributed by atoms with Crippen molar-refractivity contribution in [2.75, 3.05) is 51.7 Å². The Morgan fingerprint density at radius 1 is 1.13 bits per heavy atom. The first-order valence-electron chi connectivity index (χ1n) is 5.40. The van der Waals surface area contributed by atoms with Crippen molar-refractivity contribution in [1.29, 1.82) is 0 Å². The molecule has 94 valence electrons. The van der Waals surface area contributed by atoms with E-state index in [1.807, 2.05) is 0 Å². The van der Waals surface area contributed by atoms with Gasteiger partial charge >= 0.3 is 0 Å². The Morgan fingerprint density at radius 2 is 1.60 bits per heavy atom. The van der Waals surface area contributed by atoms with Gasteiger partial charge in [-0.05, 0) is 13.8 Å². The summed E-state index contributed by atoms with van der Waals surface area (Å²) < 4.78 is 1.30. The number of hydrogen-bond donors (Lipinski definition) is 0. The van der Waals surface area contributed by atoms with E-state index >= 15 is 0 Å². The van der Waals surface area contributed by atoms with Gasteiger partial charge in [-0.25, -0.2) is 0 Å². The third-order valence-corrected chi connectivity index (χ3v) is 3.69. The second kappa shape index (κ2) is 8.89. The Labute approximate surface area is 111 Å². The molecular weight excluding hydrogens is 254 g/mol. The lowest BCUT2D eigenvalue weighted by molar-refractivity contribution is -0.928. The molecule has 0 N–H and O–H groups in total. The van der Waals surface area contributed by atoms with E-state index in [-0.39, 0.29) is 24.8 Å². The number of likely N-dealkylation sites (N-methyl/N-ethyl adjacent to an activating group) is 1. The lowest BCUT2D eigenvalue weighted by Crippen LogP contribution is -3.00. The minimum absolute atomic E-state index is 0. The highest BCUT2D eigenvalue weighted by Gasteiger charge is 2.28. The van der Waals surface area contributed by atoms with Gasteiger partial charge in [-0.2, -0.15) is 0 Å². The molecule has 1 aliphatic heterocycles. The highest BCUT2D eigenvalue weighted by atomic mass is 35.5. The van der Waals surface area contributed by atoms with E-state index in [4.69, 9.17) is 11.6 Å². The van der Waals surface area contributed by atoms with Crippen LogP contribution >= 0.6 is 24.0 Å². The summed E-state index contributed by atoms with van der Waals surface area (Å²) in [7, 11) is 0. The number of hydrogen-bond acceptors (Lipinski definition) is 1. The van der Waals surface area contributed by atoms with Crippen LogP contribution in [0.25, 0.3) is 0 Å². The lowest BCUT2D eigenvalue weighted by Gasteiger charge is -2.43. The standard InChI is InChI=1S/C10H22ClN2.2ClH/c1-3-13(4-2)9-7-12(6-5-11)8-10-13;;/h3-10H2,1-2H3;2*1H/q+1;;/p-1. The summed E-state index contributed by atoms with van der Waals surface area (Å²) in [6, 6.07) is 0. The van der Waals surface area contributed by atoms with Crippen LogP contribution in [0.3, 0.4) is 0 Å². The number of rotatable bonds is 4. The first-order valence-corrected chi connectivity index (χ1v) is 5.93. The van der Waals surface area contributed by atoms with Crippen LogP contribution in [-0.4, -0.2) is 61.1 Å². The van der Waals surface area contributed by atoms with Crippen molar-refractivity contribution >= 4 is 24.0 Å². The SMILES string of the molecule is CC[N+]1(CC)CCN(CCCl)CC1.Cl.[Cl-]. The molecule has 0 spiro atoms. The molecule has 0 aromatic heterocycles. The van der Waals surface area contributed by atoms with Crippen molar-refractivity contribution in [2.24, 2.45) is 0 Å². The van der Waals surface area contributed by atoms with Gasteiger partial charge in [0.05, 0.1) is 26.2 Å². The Balaban J connectivity index is 0. The molecule has 15 heavy (non-hydrogen) atoms. The van der Waals surface area contributed by atoms with E-state index in [2.05, 4.69) is 18.7 Å². The molecule has 0 aromatic rings. The van der Waals surface area contributed by atoms with Crippen LogP contribution in [0, 0.1) is 0 Å². The maximum Gasteiger partial charge on any atom is 0.0916 e. The highest BCUT2D eigenvalue weighted by molar-refractivity contribution is 6.18. The van der Waals surface area contributed by atoms with Crippen molar-refractivity contribution in [1.82, 2.24) is 4.90 Å². The molecule has 1 saturated heterocycles. The maximum atomic E-state index is 5.73. The molecule has 0 saturated carbocycles. The van der Waals surface area contributed by atoms with Crippen LogP contribution in [0.15, 0.2) is 0 Å². The fourth-order valence-electron chi connectivity index (χ4n) is 2.13. The van der Waals surface area contributed by atoms with Crippen LogP contribution < -0.4 is 12.4 Å². The molecule has 0 radical (unpaired) electrons. The summed E-state index contributed by atoms with van der Waals surface area (Å²) in [5.74, 6) is 0.776. The van der Waals surface area contributed by atoms with E-state index in [9.17, 15) is 0 Å². The fourth-order valence-corrected chi connectivity index (χ4v) is 2.37. The maximum absolute atomic E-state index is 5.73. The average Bonchev–Trinajstić information content (AvgIpc) is 2.20. The second-order valence-corrected chi connectivity index (χ2v) is 4.33. The van der Waals surface area contributed by atoms with Gasteiger partial charge in [0, 0.05) is 25.5 Å². The first kappa shape index (κ1) is 18.2. The summed E-state index contributed by atoms with van der Waals surface area (Å²) in [6.45, 7) is 13.3. The van der Waals surface area contributed by atoms with Crippen LogP contribution in [0.2, 0.25) is 0 Å². The van der Waals surface area contributed by atoms with Crippen LogP contribution in [0.4, 0.5) is 0 Å². The second-order valence-electron chi connectivity index (χ2n) is 3.95. The van der Waals surface area contributed by atoms with E-state index in [1.54, 1.807) is 0 Å². The molecular formula is C10H23Cl3N2. The largest absolute Gasteiger partial charge is 1.00 e. The van der Waals surface area contributed by atoms with Gasteiger partial charge in [0.25, 0.3) is 0 Å². The Morgan fingerprint density at radius 3 is 1.93 bits per heavy atom.